The van der Waals surface area contributed by atoms with Crippen molar-refractivity contribution in [1.29, 1.82) is 0 Å². The fourth-order valence-electron chi connectivity index (χ4n) is 2.35. The molecule has 82 valence electrons. The minimum Gasteiger partial charge on any atom is -0.467 e. The van der Waals surface area contributed by atoms with Crippen molar-refractivity contribution in [3.63, 3.8) is 0 Å². The molecule has 2 N–H and O–H groups in total. The molecule has 1 fully saturated rings. The molecule has 0 saturated carbocycles. The Kier molecular flexibility index (Phi) is 2.41. The van der Waals surface area contributed by atoms with Crippen LogP contribution in [0.5, 0.6) is 0 Å². The van der Waals surface area contributed by atoms with E-state index in [1.165, 1.54) is 7.11 Å². The first kappa shape index (κ1) is 11.5. The molecule has 1 heterocycles. The van der Waals surface area contributed by atoms with Crippen LogP contribution < -0.4 is 5.32 Å². The van der Waals surface area contributed by atoms with Crippen LogP contribution in [0.2, 0.25) is 0 Å². The Labute approximate surface area is 84.6 Å². The highest BCUT2D eigenvalue weighted by molar-refractivity contribution is 5.82. The number of carbonyl (C=O) groups is 1. The molecule has 0 aliphatic carbocycles. The summed E-state index contributed by atoms with van der Waals surface area (Å²) >= 11 is 0. The maximum atomic E-state index is 11.5. The molecule has 0 aromatic heterocycles. The summed E-state index contributed by atoms with van der Waals surface area (Å²) in [5.41, 5.74) is -2.36. The average molecular weight is 201 g/mol. The second-order valence-electron chi connectivity index (χ2n) is 5.16. The predicted molar refractivity (Wildman–Crippen MR) is 52.9 cm³/mol. The fraction of sp³-hybridized carbons (Fsp3) is 0.900. The van der Waals surface area contributed by atoms with Gasteiger partial charge in [0, 0.05) is 12.0 Å². The van der Waals surface area contributed by atoms with Crippen LogP contribution in [0.25, 0.3) is 0 Å². The van der Waals surface area contributed by atoms with Gasteiger partial charge in [0.25, 0.3) is 0 Å². The van der Waals surface area contributed by atoms with Crippen molar-refractivity contribution in [1.82, 2.24) is 5.32 Å². The van der Waals surface area contributed by atoms with Crippen molar-refractivity contribution in [2.45, 2.75) is 50.8 Å². The molecule has 1 saturated heterocycles. The van der Waals surface area contributed by atoms with E-state index in [9.17, 15) is 9.90 Å². The molecular formula is C10H19NO3. The lowest BCUT2D eigenvalue weighted by Crippen LogP contribution is -2.57. The molecule has 0 radical (unpaired) electrons. The summed E-state index contributed by atoms with van der Waals surface area (Å²) in [6, 6.07) is 0. The largest absolute Gasteiger partial charge is 0.467 e. The summed E-state index contributed by atoms with van der Waals surface area (Å²) < 4.78 is 4.64. The number of hydrogen-bond donors (Lipinski definition) is 2. The number of nitrogens with one attached hydrogen (secondary N) is 1. The van der Waals surface area contributed by atoms with Gasteiger partial charge in [0.05, 0.1) is 12.6 Å². The van der Waals surface area contributed by atoms with Crippen LogP contribution in [0.3, 0.4) is 0 Å². The first-order chi connectivity index (χ1) is 6.15. The zero-order valence-electron chi connectivity index (χ0n) is 9.47. The SMILES string of the molecule is COC(=O)[C@@]1(O)CC(C)(C)NC1(C)C. The highest BCUT2D eigenvalue weighted by Gasteiger charge is 2.60. The van der Waals surface area contributed by atoms with E-state index in [0.29, 0.717) is 6.42 Å². The van der Waals surface area contributed by atoms with Gasteiger partial charge in [0.15, 0.2) is 5.60 Å². The Morgan fingerprint density at radius 2 is 1.86 bits per heavy atom. The third-order valence-electron chi connectivity index (χ3n) is 2.91. The maximum Gasteiger partial charge on any atom is 0.339 e. The number of aliphatic hydroxyl groups is 1. The molecule has 0 unspecified atom stereocenters. The van der Waals surface area contributed by atoms with Gasteiger partial charge in [-0.3, -0.25) is 0 Å². The van der Waals surface area contributed by atoms with Crippen LogP contribution in [-0.4, -0.2) is 34.9 Å². The Morgan fingerprint density at radius 1 is 1.36 bits per heavy atom. The molecule has 1 rings (SSSR count). The van der Waals surface area contributed by atoms with Crippen LogP contribution >= 0.6 is 0 Å². The van der Waals surface area contributed by atoms with Gasteiger partial charge in [-0.2, -0.15) is 0 Å². The zero-order valence-corrected chi connectivity index (χ0v) is 9.47. The van der Waals surface area contributed by atoms with E-state index in [1.54, 1.807) is 13.8 Å². The predicted octanol–water partition coefficient (Wildman–Crippen LogP) is 0.441. The highest BCUT2D eigenvalue weighted by Crippen LogP contribution is 2.39. The number of methoxy groups -OCH3 is 1. The van der Waals surface area contributed by atoms with E-state index in [2.05, 4.69) is 10.1 Å². The van der Waals surface area contributed by atoms with Crippen molar-refractivity contribution in [3.8, 4) is 0 Å². The Balaban J connectivity index is 3.05. The van der Waals surface area contributed by atoms with E-state index in [4.69, 9.17) is 0 Å². The summed E-state index contributed by atoms with van der Waals surface area (Å²) in [7, 11) is 1.29. The minimum atomic E-state index is -1.44. The second-order valence-corrected chi connectivity index (χ2v) is 5.16. The minimum absolute atomic E-state index is 0.258. The molecule has 4 heteroatoms. The molecule has 0 spiro atoms. The summed E-state index contributed by atoms with van der Waals surface area (Å²) in [4.78, 5) is 11.5. The fourth-order valence-corrected chi connectivity index (χ4v) is 2.35. The lowest BCUT2D eigenvalue weighted by atomic mass is 9.82. The molecule has 0 amide bonds. The van der Waals surface area contributed by atoms with Crippen LogP contribution in [0.1, 0.15) is 34.1 Å². The number of esters is 1. The van der Waals surface area contributed by atoms with Gasteiger partial charge in [-0.05, 0) is 27.7 Å². The molecule has 0 aromatic rings. The van der Waals surface area contributed by atoms with Crippen molar-refractivity contribution in [2.24, 2.45) is 0 Å². The lowest BCUT2D eigenvalue weighted by Gasteiger charge is -2.33. The van der Waals surface area contributed by atoms with E-state index in [0.717, 1.165) is 0 Å². The monoisotopic (exact) mass is 201 g/mol. The van der Waals surface area contributed by atoms with Crippen LogP contribution in [0.15, 0.2) is 0 Å². The molecule has 0 bridgehead atoms. The summed E-state index contributed by atoms with van der Waals surface area (Å²) in [6.45, 7) is 7.52. The molecular weight excluding hydrogens is 182 g/mol. The van der Waals surface area contributed by atoms with E-state index in [1.807, 2.05) is 13.8 Å². The smallest absolute Gasteiger partial charge is 0.339 e. The molecule has 1 atom stereocenters. The van der Waals surface area contributed by atoms with Gasteiger partial charge in [-0.15, -0.1) is 0 Å². The Morgan fingerprint density at radius 3 is 2.14 bits per heavy atom. The van der Waals surface area contributed by atoms with Crippen molar-refractivity contribution < 1.29 is 14.6 Å². The van der Waals surface area contributed by atoms with E-state index >= 15 is 0 Å². The third-order valence-corrected chi connectivity index (χ3v) is 2.91. The topological polar surface area (TPSA) is 58.6 Å². The van der Waals surface area contributed by atoms with Gasteiger partial charge < -0.3 is 15.2 Å². The van der Waals surface area contributed by atoms with Gasteiger partial charge in [-0.1, -0.05) is 0 Å². The van der Waals surface area contributed by atoms with Crippen LogP contribution in [-0.2, 0) is 9.53 Å². The molecule has 4 nitrogen and oxygen atoms in total. The normalized spacial score (nSPS) is 34.1. The van der Waals surface area contributed by atoms with Gasteiger partial charge in [-0.25, -0.2) is 4.79 Å². The van der Waals surface area contributed by atoms with Crippen molar-refractivity contribution in [3.05, 3.63) is 0 Å². The van der Waals surface area contributed by atoms with E-state index < -0.39 is 17.1 Å². The first-order valence-corrected chi connectivity index (χ1v) is 4.75. The molecule has 1 aliphatic rings. The standard InChI is InChI=1S/C10H19NO3/c1-8(2)6-10(13,7(12)14-5)9(3,4)11-8/h11,13H,6H2,1-5H3/t10-/m0/s1. The third kappa shape index (κ3) is 1.53. The van der Waals surface area contributed by atoms with Crippen LogP contribution in [0, 0.1) is 0 Å². The summed E-state index contributed by atoms with van der Waals surface area (Å²) in [5.74, 6) is -0.569. The average Bonchev–Trinajstić information content (AvgIpc) is 2.15. The Hall–Kier alpha value is -0.610. The quantitative estimate of drug-likeness (QED) is 0.604. The number of carbonyl (C=O) groups excluding carboxylic acids is 1. The Bertz CT molecular complexity index is 260. The van der Waals surface area contributed by atoms with Crippen molar-refractivity contribution in [2.75, 3.05) is 7.11 Å². The number of ether oxygens (including phenoxy) is 1. The van der Waals surface area contributed by atoms with Gasteiger partial charge in [0.2, 0.25) is 0 Å². The van der Waals surface area contributed by atoms with Crippen LogP contribution in [0.4, 0.5) is 0 Å². The molecule has 1 aliphatic heterocycles. The number of hydrogen-bond acceptors (Lipinski definition) is 4. The number of rotatable bonds is 1. The summed E-state index contributed by atoms with van der Waals surface area (Å²) in [5, 5.41) is 13.5. The zero-order chi connectivity index (χ0) is 11.2. The first-order valence-electron chi connectivity index (χ1n) is 4.75. The highest BCUT2D eigenvalue weighted by atomic mass is 16.5. The maximum absolute atomic E-state index is 11.5. The van der Waals surface area contributed by atoms with Gasteiger partial charge >= 0.3 is 5.97 Å². The van der Waals surface area contributed by atoms with E-state index in [-0.39, 0.29) is 5.54 Å². The summed E-state index contributed by atoms with van der Waals surface area (Å²) in [6.07, 6.45) is 0.361. The molecule has 14 heavy (non-hydrogen) atoms. The molecule has 0 aromatic carbocycles. The van der Waals surface area contributed by atoms with Gasteiger partial charge in [0.1, 0.15) is 0 Å². The lowest BCUT2D eigenvalue weighted by molar-refractivity contribution is -0.167. The second kappa shape index (κ2) is 2.94. The van der Waals surface area contributed by atoms with Crippen molar-refractivity contribution >= 4 is 5.97 Å².